The molecule has 0 atom stereocenters. The number of hydrogen-bond acceptors (Lipinski definition) is 4. The van der Waals surface area contributed by atoms with Crippen molar-refractivity contribution in [3.05, 3.63) is 30.2 Å². The first-order valence-electron chi connectivity index (χ1n) is 4.05. The average Bonchev–Trinajstić information content (AvgIpc) is 2.49. The summed E-state index contributed by atoms with van der Waals surface area (Å²) in [6, 6.07) is 5.26. The van der Waals surface area contributed by atoms with Crippen LogP contribution in [-0.4, -0.2) is 19.7 Å². The highest BCUT2D eigenvalue weighted by Crippen LogP contribution is 2.18. The van der Waals surface area contributed by atoms with E-state index >= 15 is 0 Å². The second kappa shape index (κ2) is 3.09. The van der Waals surface area contributed by atoms with Crippen LogP contribution in [0.15, 0.2) is 29.0 Å². The van der Waals surface area contributed by atoms with E-state index in [9.17, 15) is 8.42 Å². The summed E-state index contributed by atoms with van der Waals surface area (Å²) >= 11 is 0. The molecule has 4 nitrogen and oxygen atoms in total. The van der Waals surface area contributed by atoms with Crippen LogP contribution in [-0.2, 0) is 15.6 Å². The smallest absolute Gasteiger partial charge is 0.181 e. The molecule has 74 valence electrons. The lowest BCUT2D eigenvalue weighted by Crippen LogP contribution is -2.01. The van der Waals surface area contributed by atoms with Gasteiger partial charge in [-0.3, -0.25) is 0 Å². The first-order chi connectivity index (χ1) is 6.56. The Bertz CT molecular complexity index is 556. The second-order valence-corrected chi connectivity index (χ2v) is 5.33. The molecule has 0 aliphatic heterocycles. The van der Waals surface area contributed by atoms with Crippen LogP contribution in [0.5, 0.6) is 0 Å². The predicted octanol–water partition coefficient (Wildman–Crippen LogP) is 1.37. The summed E-state index contributed by atoms with van der Waals surface area (Å²) in [7, 11) is -3.03. The van der Waals surface area contributed by atoms with Crippen molar-refractivity contribution in [1.82, 2.24) is 4.98 Å². The molecule has 0 N–H and O–H groups in total. The van der Waals surface area contributed by atoms with Crippen molar-refractivity contribution in [3.63, 3.8) is 0 Å². The van der Waals surface area contributed by atoms with Crippen LogP contribution in [0.2, 0.25) is 0 Å². The van der Waals surface area contributed by atoms with Gasteiger partial charge >= 0.3 is 0 Å². The Labute approximate surface area is 81.5 Å². The zero-order valence-corrected chi connectivity index (χ0v) is 8.41. The zero-order valence-electron chi connectivity index (χ0n) is 7.60. The van der Waals surface area contributed by atoms with Crippen LogP contribution < -0.4 is 0 Å². The summed E-state index contributed by atoms with van der Waals surface area (Å²) in [5, 5.41) is 0. The molecule has 0 aliphatic carbocycles. The number of fused-ring (bicyclic) bond motifs is 1. The monoisotopic (exact) mass is 211 g/mol. The van der Waals surface area contributed by atoms with Crippen molar-refractivity contribution >= 4 is 20.9 Å². The second-order valence-electron chi connectivity index (χ2n) is 3.19. The highest BCUT2D eigenvalue weighted by molar-refractivity contribution is 7.89. The quantitative estimate of drug-likeness (QED) is 0.752. The average molecular weight is 211 g/mol. The minimum atomic E-state index is -3.03. The van der Waals surface area contributed by atoms with Gasteiger partial charge in [-0.15, -0.1) is 0 Å². The summed E-state index contributed by atoms with van der Waals surface area (Å²) in [4.78, 5) is 3.97. The maximum absolute atomic E-state index is 11.1. The van der Waals surface area contributed by atoms with Crippen LogP contribution in [0.3, 0.4) is 0 Å². The molecule has 0 amide bonds. The van der Waals surface area contributed by atoms with Crippen LogP contribution in [0.25, 0.3) is 11.1 Å². The van der Waals surface area contributed by atoms with E-state index in [1.807, 2.05) is 0 Å². The first-order valence-corrected chi connectivity index (χ1v) is 6.11. The molecule has 0 aliphatic rings. The van der Waals surface area contributed by atoms with Gasteiger partial charge in [0.15, 0.2) is 21.8 Å². The fourth-order valence-electron chi connectivity index (χ4n) is 1.34. The van der Waals surface area contributed by atoms with E-state index in [0.717, 1.165) is 0 Å². The van der Waals surface area contributed by atoms with Gasteiger partial charge in [-0.25, -0.2) is 13.4 Å². The zero-order chi connectivity index (χ0) is 10.2. The molecule has 1 heterocycles. The van der Waals surface area contributed by atoms with Crippen molar-refractivity contribution < 1.29 is 12.8 Å². The summed E-state index contributed by atoms with van der Waals surface area (Å²) in [6.07, 6.45) is 2.52. The number of sulfone groups is 1. The van der Waals surface area contributed by atoms with Crippen molar-refractivity contribution in [1.29, 1.82) is 0 Å². The van der Waals surface area contributed by atoms with Gasteiger partial charge in [0.05, 0.1) is 5.75 Å². The summed E-state index contributed by atoms with van der Waals surface area (Å²) in [6.45, 7) is 0. The Morgan fingerprint density at radius 1 is 1.43 bits per heavy atom. The van der Waals surface area contributed by atoms with E-state index in [1.165, 1.54) is 12.6 Å². The lowest BCUT2D eigenvalue weighted by molar-refractivity contribution is 0.601. The Balaban J connectivity index is 2.57. The number of para-hydroxylation sites is 1. The summed E-state index contributed by atoms with van der Waals surface area (Å²) in [5.41, 5.74) is 1.92. The number of nitrogens with zero attached hydrogens (tertiary/aromatic N) is 1. The van der Waals surface area contributed by atoms with Gasteiger partial charge in [-0.05, 0) is 11.6 Å². The normalized spacial score (nSPS) is 12.1. The highest BCUT2D eigenvalue weighted by Gasteiger charge is 2.10. The van der Waals surface area contributed by atoms with E-state index < -0.39 is 9.84 Å². The fraction of sp³-hybridized carbons (Fsp3) is 0.222. The molecular weight excluding hydrogens is 202 g/mol. The maximum Gasteiger partial charge on any atom is 0.181 e. The van der Waals surface area contributed by atoms with Crippen molar-refractivity contribution in [2.75, 3.05) is 6.26 Å². The molecule has 0 saturated heterocycles. The third kappa shape index (κ3) is 1.77. The number of aromatic nitrogens is 1. The molecule has 5 heteroatoms. The molecule has 0 spiro atoms. The van der Waals surface area contributed by atoms with Crippen LogP contribution in [0, 0.1) is 0 Å². The van der Waals surface area contributed by atoms with Crippen LogP contribution in [0.1, 0.15) is 5.56 Å². The molecule has 0 fully saturated rings. The van der Waals surface area contributed by atoms with E-state index in [0.29, 0.717) is 16.7 Å². The van der Waals surface area contributed by atoms with Gasteiger partial charge < -0.3 is 4.42 Å². The Hall–Kier alpha value is -1.36. The van der Waals surface area contributed by atoms with Crippen molar-refractivity contribution in [2.45, 2.75) is 5.75 Å². The Morgan fingerprint density at radius 2 is 2.21 bits per heavy atom. The van der Waals surface area contributed by atoms with Gasteiger partial charge in [0.2, 0.25) is 0 Å². The molecule has 2 rings (SSSR count). The standard InChI is InChI=1S/C9H9NO3S/c1-14(11,12)5-7-3-2-4-8-9(7)10-6-13-8/h2-4,6H,5H2,1H3. The van der Waals surface area contributed by atoms with Crippen LogP contribution in [0.4, 0.5) is 0 Å². The number of rotatable bonds is 2. The minimum absolute atomic E-state index is 0.00310. The van der Waals surface area contributed by atoms with Crippen LogP contribution >= 0.6 is 0 Å². The third-order valence-electron chi connectivity index (χ3n) is 1.86. The number of hydrogen-bond donors (Lipinski definition) is 0. The molecule has 1 aromatic carbocycles. The van der Waals surface area contributed by atoms with Gasteiger partial charge in [0.25, 0.3) is 0 Å². The first kappa shape index (κ1) is 9.21. The lowest BCUT2D eigenvalue weighted by Gasteiger charge is -1.98. The van der Waals surface area contributed by atoms with E-state index in [2.05, 4.69) is 4.98 Å². The topological polar surface area (TPSA) is 60.2 Å². The largest absolute Gasteiger partial charge is 0.443 e. The predicted molar refractivity (Wildman–Crippen MR) is 52.6 cm³/mol. The fourth-order valence-corrected chi connectivity index (χ4v) is 2.14. The molecule has 0 saturated carbocycles. The molecule has 14 heavy (non-hydrogen) atoms. The van der Waals surface area contributed by atoms with Gasteiger partial charge in [-0.2, -0.15) is 0 Å². The van der Waals surface area contributed by atoms with Gasteiger partial charge in [0, 0.05) is 6.26 Å². The highest BCUT2D eigenvalue weighted by atomic mass is 32.2. The molecule has 2 aromatic rings. The van der Waals surface area contributed by atoms with Gasteiger partial charge in [-0.1, -0.05) is 12.1 Å². The number of benzene rings is 1. The summed E-state index contributed by atoms with van der Waals surface area (Å²) in [5.74, 6) is -0.00310. The van der Waals surface area contributed by atoms with E-state index in [4.69, 9.17) is 4.42 Å². The van der Waals surface area contributed by atoms with Crippen molar-refractivity contribution in [2.24, 2.45) is 0 Å². The van der Waals surface area contributed by atoms with E-state index in [-0.39, 0.29) is 5.75 Å². The molecule has 0 bridgehead atoms. The maximum atomic E-state index is 11.1. The molecule has 1 aromatic heterocycles. The summed E-state index contributed by atoms with van der Waals surface area (Å²) < 4.78 is 27.3. The SMILES string of the molecule is CS(=O)(=O)Cc1cccc2ocnc12. The lowest BCUT2D eigenvalue weighted by atomic mass is 10.2. The Morgan fingerprint density at radius 3 is 2.93 bits per heavy atom. The number of oxazole rings is 1. The van der Waals surface area contributed by atoms with Gasteiger partial charge in [0.1, 0.15) is 5.52 Å². The van der Waals surface area contributed by atoms with Crippen molar-refractivity contribution in [3.8, 4) is 0 Å². The molecular formula is C9H9NO3S. The Kier molecular flexibility index (Phi) is 2.03. The van der Waals surface area contributed by atoms with E-state index in [1.54, 1.807) is 18.2 Å². The minimum Gasteiger partial charge on any atom is -0.443 e. The third-order valence-corrected chi connectivity index (χ3v) is 2.70. The molecule has 0 unspecified atom stereocenters. The molecule has 0 radical (unpaired) electrons.